The number of nitrogens with one attached hydrogen (secondary N) is 1. The molecule has 7 nitrogen and oxygen atoms in total. The van der Waals surface area contributed by atoms with Crippen molar-refractivity contribution in [3.8, 4) is 0 Å². The van der Waals surface area contributed by atoms with Gasteiger partial charge in [0.1, 0.15) is 11.7 Å². The molecule has 1 aliphatic heterocycles. The standard InChI is InChI=1S/C24H40N5O2/c1-15(2)27(7)17-9-10-19(16(3)13-17)29-12-11-18(23(29)31)25-22(30)20-14-21(24(4,5)6)26-28(20)8/h14-19H,3,9-13H2,1-2,4-8H3,(H,25,30)/t16-,17-,18?,19+/m1/s1. The minimum Gasteiger partial charge on any atom is -0.339 e. The van der Waals surface area contributed by atoms with Crippen LogP contribution in [0.3, 0.4) is 0 Å². The molecule has 1 saturated heterocycles. The Balaban J connectivity index is 1.62. The highest BCUT2D eigenvalue weighted by atomic mass is 16.2. The largest absolute Gasteiger partial charge is 0.339 e. The molecule has 173 valence electrons. The Morgan fingerprint density at radius 1 is 1.29 bits per heavy atom. The summed E-state index contributed by atoms with van der Waals surface area (Å²) in [5.74, 6) is 0.00443. The first kappa shape index (κ1) is 23.8. The van der Waals surface area contributed by atoms with Gasteiger partial charge >= 0.3 is 0 Å². The fraction of sp³-hybridized carbons (Fsp3) is 0.750. The van der Waals surface area contributed by atoms with Crippen molar-refractivity contribution >= 4 is 11.8 Å². The Bertz CT molecular complexity index is 809. The average molecular weight is 431 g/mol. The number of hydrogen-bond donors (Lipinski definition) is 1. The molecule has 4 atom stereocenters. The molecule has 7 heteroatoms. The zero-order valence-electron chi connectivity index (χ0n) is 20.3. The van der Waals surface area contributed by atoms with Crippen molar-refractivity contribution in [2.45, 2.75) is 89.9 Å². The molecule has 2 fully saturated rings. The molecule has 0 aromatic carbocycles. The number of amides is 2. The highest BCUT2D eigenvalue weighted by Crippen LogP contribution is 2.33. The number of carbonyl (C=O) groups excluding carboxylic acids is 2. The molecule has 1 saturated carbocycles. The quantitative estimate of drug-likeness (QED) is 0.780. The maximum absolute atomic E-state index is 13.1. The van der Waals surface area contributed by atoms with E-state index in [1.165, 1.54) is 0 Å². The van der Waals surface area contributed by atoms with Gasteiger partial charge in [-0.05, 0) is 65.5 Å². The van der Waals surface area contributed by atoms with Gasteiger partial charge in [-0.1, -0.05) is 20.8 Å². The molecule has 0 bridgehead atoms. The predicted octanol–water partition coefficient (Wildman–Crippen LogP) is 2.76. The number of likely N-dealkylation sites (tertiary alicyclic amines) is 1. The van der Waals surface area contributed by atoms with Gasteiger partial charge in [-0.15, -0.1) is 0 Å². The highest BCUT2D eigenvalue weighted by Gasteiger charge is 2.41. The second-order valence-electron chi connectivity index (χ2n) is 10.7. The van der Waals surface area contributed by atoms with E-state index in [-0.39, 0.29) is 29.2 Å². The van der Waals surface area contributed by atoms with Gasteiger partial charge in [-0.3, -0.25) is 14.3 Å². The van der Waals surface area contributed by atoms with Gasteiger partial charge in [0.25, 0.3) is 5.91 Å². The smallest absolute Gasteiger partial charge is 0.270 e. The molecule has 2 aliphatic rings. The maximum atomic E-state index is 13.1. The lowest BCUT2D eigenvalue weighted by Crippen LogP contribution is -2.51. The Morgan fingerprint density at radius 2 is 1.97 bits per heavy atom. The molecule has 3 rings (SSSR count). The Hall–Kier alpha value is -1.89. The van der Waals surface area contributed by atoms with Crippen LogP contribution in [-0.2, 0) is 17.3 Å². The number of nitrogens with zero attached hydrogens (tertiary/aromatic N) is 4. The molecule has 2 heterocycles. The van der Waals surface area contributed by atoms with Crippen molar-refractivity contribution in [1.82, 2.24) is 24.9 Å². The molecular formula is C24H40N5O2. The minimum atomic E-state index is -0.469. The monoisotopic (exact) mass is 430 g/mol. The van der Waals surface area contributed by atoms with Crippen LogP contribution in [0.15, 0.2) is 6.07 Å². The van der Waals surface area contributed by atoms with E-state index in [0.717, 1.165) is 25.0 Å². The summed E-state index contributed by atoms with van der Waals surface area (Å²) in [5.41, 5.74) is 1.22. The van der Waals surface area contributed by atoms with Gasteiger partial charge in [0.05, 0.1) is 5.69 Å². The summed E-state index contributed by atoms with van der Waals surface area (Å²) in [6.07, 6.45) is 3.70. The fourth-order valence-corrected chi connectivity index (χ4v) is 4.87. The molecular weight excluding hydrogens is 390 g/mol. The van der Waals surface area contributed by atoms with Gasteiger partial charge < -0.3 is 15.1 Å². The molecule has 1 unspecified atom stereocenters. The molecule has 2 amide bonds. The zero-order valence-corrected chi connectivity index (χ0v) is 20.3. The van der Waals surface area contributed by atoms with E-state index < -0.39 is 6.04 Å². The predicted molar refractivity (Wildman–Crippen MR) is 123 cm³/mol. The Labute approximate surface area is 187 Å². The average Bonchev–Trinajstić information content (AvgIpc) is 3.24. The number of hydrogen-bond acceptors (Lipinski definition) is 4. The molecule has 0 spiro atoms. The van der Waals surface area contributed by atoms with Crippen LogP contribution in [0.25, 0.3) is 0 Å². The summed E-state index contributed by atoms with van der Waals surface area (Å²) in [4.78, 5) is 30.4. The first-order valence-electron chi connectivity index (χ1n) is 11.6. The number of carbonyl (C=O) groups is 2. The van der Waals surface area contributed by atoms with Crippen LogP contribution in [0.4, 0.5) is 0 Å². The molecule has 1 radical (unpaired) electrons. The first-order chi connectivity index (χ1) is 14.4. The van der Waals surface area contributed by atoms with Crippen LogP contribution in [0.1, 0.15) is 76.5 Å². The molecule has 1 aliphatic carbocycles. The van der Waals surface area contributed by atoms with Crippen molar-refractivity contribution in [3.05, 3.63) is 24.4 Å². The number of aromatic nitrogens is 2. The lowest BCUT2D eigenvalue weighted by atomic mass is 9.81. The highest BCUT2D eigenvalue weighted by molar-refractivity contribution is 5.97. The zero-order chi connectivity index (χ0) is 23.1. The minimum absolute atomic E-state index is 0.0286. The third-order valence-electron chi connectivity index (χ3n) is 7.13. The Kier molecular flexibility index (Phi) is 6.84. The van der Waals surface area contributed by atoms with E-state index in [1.54, 1.807) is 11.7 Å². The topological polar surface area (TPSA) is 70.5 Å². The van der Waals surface area contributed by atoms with Gasteiger partial charge in [-0.25, -0.2) is 0 Å². The fourth-order valence-electron chi connectivity index (χ4n) is 4.87. The lowest BCUT2D eigenvalue weighted by Gasteiger charge is -2.43. The normalized spacial score (nSPS) is 27.4. The summed E-state index contributed by atoms with van der Waals surface area (Å²) in [6.45, 7) is 15.7. The van der Waals surface area contributed by atoms with E-state index in [2.05, 4.69) is 63.9 Å². The van der Waals surface area contributed by atoms with Crippen molar-refractivity contribution in [2.75, 3.05) is 13.6 Å². The van der Waals surface area contributed by atoms with Crippen LogP contribution in [-0.4, -0.2) is 69.2 Å². The first-order valence-corrected chi connectivity index (χ1v) is 11.6. The summed E-state index contributed by atoms with van der Waals surface area (Å²) in [7, 11) is 3.95. The van der Waals surface area contributed by atoms with Crippen LogP contribution in [0, 0.1) is 12.8 Å². The molecule has 1 N–H and O–H groups in total. The van der Waals surface area contributed by atoms with Gasteiger partial charge in [0, 0.05) is 37.1 Å². The summed E-state index contributed by atoms with van der Waals surface area (Å²) in [6, 6.07) is 2.55. The molecule has 1 aromatic heterocycles. The molecule has 1 aromatic rings. The van der Waals surface area contributed by atoms with E-state index in [0.29, 0.717) is 30.7 Å². The Morgan fingerprint density at radius 3 is 2.52 bits per heavy atom. The third kappa shape index (κ3) is 4.97. The van der Waals surface area contributed by atoms with E-state index in [1.807, 2.05) is 11.0 Å². The summed E-state index contributed by atoms with van der Waals surface area (Å²) >= 11 is 0. The van der Waals surface area contributed by atoms with Crippen molar-refractivity contribution in [1.29, 1.82) is 0 Å². The van der Waals surface area contributed by atoms with Gasteiger partial charge in [-0.2, -0.15) is 5.10 Å². The summed E-state index contributed by atoms with van der Waals surface area (Å²) in [5, 5.41) is 7.43. The summed E-state index contributed by atoms with van der Waals surface area (Å²) < 4.78 is 1.60. The third-order valence-corrected chi connectivity index (χ3v) is 7.13. The van der Waals surface area contributed by atoms with E-state index >= 15 is 0 Å². The maximum Gasteiger partial charge on any atom is 0.270 e. The van der Waals surface area contributed by atoms with Gasteiger partial charge in [0.2, 0.25) is 5.91 Å². The second kappa shape index (κ2) is 8.93. The van der Waals surface area contributed by atoms with Crippen LogP contribution < -0.4 is 5.32 Å². The van der Waals surface area contributed by atoms with Crippen molar-refractivity contribution in [3.63, 3.8) is 0 Å². The van der Waals surface area contributed by atoms with E-state index in [9.17, 15) is 9.59 Å². The van der Waals surface area contributed by atoms with Crippen LogP contribution in [0.5, 0.6) is 0 Å². The SMILES string of the molecule is [CH2][C@@H]1C[C@H](N(C)C(C)C)CC[C@@H]1N1CCC(NC(=O)c2cc(C(C)(C)C)nn2C)C1=O. The number of rotatable bonds is 5. The molecule has 31 heavy (non-hydrogen) atoms. The van der Waals surface area contributed by atoms with Crippen LogP contribution in [0.2, 0.25) is 0 Å². The lowest BCUT2D eigenvalue weighted by molar-refractivity contribution is -0.132. The second-order valence-corrected chi connectivity index (χ2v) is 10.7. The van der Waals surface area contributed by atoms with Crippen molar-refractivity contribution in [2.24, 2.45) is 13.0 Å². The van der Waals surface area contributed by atoms with Crippen LogP contribution >= 0.6 is 0 Å². The van der Waals surface area contributed by atoms with Gasteiger partial charge in [0.15, 0.2) is 0 Å². The van der Waals surface area contributed by atoms with E-state index in [4.69, 9.17) is 0 Å². The van der Waals surface area contributed by atoms with Crippen molar-refractivity contribution < 1.29 is 9.59 Å². The number of aryl methyl sites for hydroxylation is 1.